The van der Waals surface area contributed by atoms with Crippen molar-refractivity contribution in [2.24, 2.45) is 10.9 Å². The Morgan fingerprint density at radius 3 is 2.80 bits per heavy atom. The number of rotatable bonds is 8. The SMILES string of the molecule is CN=C(NCCCOCC1CCOC1)N(C)Cc1ccc(F)cc1.I. The molecule has 1 aromatic carbocycles. The third kappa shape index (κ3) is 8.33. The Kier molecular flexibility index (Phi) is 11.0. The molecule has 1 aliphatic heterocycles. The summed E-state index contributed by atoms with van der Waals surface area (Å²) in [6.45, 7) is 4.71. The number of guanidine groups is 1. The van der Waals surface area contributed by atoms with E-state index in [0.717, 1.165) is 57.3 Å². The summed E-state index contributed by atoms with van der Waals surface area (Å²) < 4.78 is 24.0. The monoisotopic (exact) mass is 465 g/mol. The van der Waals surface area contributed by atoms with Crippen molar-refractivity contribution in [3.63, 3.8) is 0 Å². The van der Waals surface area contributed by atoms with Crippen LogP contribution in [0.3, 0.4) is 0 Å². The van der Waals surface area contributed by atoms with Gasteiger partial charge in [-0.25, -0.2) is 4.39 Å². The van der Waals surface area contributed by atoms with Gasteiger partial charge in [0.2, 0.25) is 0 Å². The van der Waals surface area contributed by atoms with Crippen LogP contribution < -0.4 is 5.32 Å². The summed E-state index contributed by atoms with van der Waals surface area (Å²) in [5.74, 6) is 1.17. The summed E-state index contributed by atoms with van der Waals surface area (Å²) in [5, 5.41) is 3.33. The fraction of sp³-hybridized carbons (Fsp3) is 0.611. The van der Waals surface area contributed by atoms with E-state index in [0.29, 0.717) is 12.5 Å². The van der Waals surface area contributed by atoms with Crippen molar-refractivity contribution in [3.05, 3.63) is 35.6 Å². The second-order valence-electron chi connectivity index (χ2n) is 6.11. The second kappa shape index (κ2) is 12.4. The minimum Gasteiger partial charge on any atom is -0.381 e. The van der Waals surface area contributed by atoms with Crippen molar-refractivity contribution in [3.8, 4) is 0 Å². The van der Waals surface area contributed by atoms with Gasteiger partial charge in [0, 0.05) is 46.3 Å². The molecule has 2 rings (SSSR count). The molecule has 0 bridgehead atoms. The van der Waals surface area contributed by atoms with Gasteiger partial charge in [-0.1, -0.05) is 12.1 Å². The molecule has 1 aromatic rings. The number of aliphatic imine (C=N–C) groups is 1. The molecule has 0 amide bonds. The smallest absolute Gasteiger partial charge is 0.193 e. The summed E-state index contributed by atoms with van der Waals surface area (Å²) in [4.78, 5) is 6.30. The van der Waals surface area contributed by atoms with E-state index in [1.54, 1.807) is 19.2 Å². The van der Waals surface area contributed by atoms with E-state index in [4.69, 9.17) is 9.47 Å². The van der Waals surface area contributed by atoms with E-state index in [1.807, 2.05) is 11.9 Å². The van der Waals surface area contributed by atoms with E-state index >= 15 is 0 Å². The third-order valence-corrected chi connectivity index (χ3v) is 4.03. The molecule has 1 atom stereocenters. The van der Waals surface area contributed by atoms with Crippen molar-refractivity contribution >= 4 is 29.9 Å². The van der Waals surface area contributed by atoms with Crippen LogP contribution >= 0.6 is 24.0 Å². The predicted molar refractivity (Wildman–Crippen MR) is 109 cm³/mol. The molecule has 0 spiro atoms. The second-order valence-corrected chi connectivity index (χ2v) is 6.11. The van der Waals surface area contributed by atoms with Crippen LogP contribution in [0.25, 0.3) is 0 Å². The Labute approximate surface area is 167 Å². The fourth-order valence-electron chi connectivity index (χ4n) is 2.66. The van der Waals surface area contributed by atoms with Gasteiger partial charge >= 0.3 is 0 Å². The van der Waals surface area contributed by atoms with Crippen LogP contribution in [0.1, 0.15) is 18.4 Å². The van der Waals surface area contributed by atoms with Crippen LogP contribution in [0.15, 0.2) is 29.3 Å². The highest BCUT2D eigenvalue weighted by molar-refractivity contribution is 14.0. The highest BCUT2D eigenvalue weighted by Crippen LogP contribution is 2.12. The Morgan fingerprint density at radius 2 is 2.16 bits per heavy atom. The van der Waals surface area contributed by atoms with Crippen molar-refractivity contribution in [2.45, 2.75) is 19.4 Å². The van der Waals surface area contributed by atoms with Gasteiger partial charge in [-0.15, -0.1) is 24.0 Å². The molecule has 5 nitrogen and oxygen atoms in total. The van der Waals surface area contributed by atoms with E-state index in [2.05, 4.69) is 10.3 Å². The minimum absolute atomic E-state index is 0. The van der Waals surface area contributed by atoms with Gasteiger partial charge in [-0.05, 0) is 30.5 Å². The molecule has 1 heterocycles. The van der Waals surface area contributed by atoms with Crippen LogP contribution in [-0.2, 0) is 16.0 Å². The van der Waals surface area contributed by atoms with Crippen molar-refractivity contribution in [1.82, 2.24) is 10.2 Å². The Bertz CT molecular complexity index is 508. The normalized spacial score (nSPS) is 17.2. The van der Waals surface area contributed by atoms with Gasteiger partial charge in [0.05, 0.1) is 13.2 Å². The summed E-state index contributed by atoms with van der Waals surface area (Å²) >= 11 is 0. The zero-order valence-electron chi connectivity index (χ0n) is 15.0. The zero-order chi connectivity index (χ0) is 17.2. The van der Waals surface area contributed by atoms with Gasteiger partial charge in [0.25, 0.3) is 0 Å². The molecule has 1 saturated heterocycles. The lowest BCUT2D eigenvalue weighted by molar-refractivity contribution is 0.0887. The largest absolute Gasteiger partial charge is 0.381 e. The molecule has 0 radical (unpaired) electrons. The molecule has 7 heteroatoms. The van der Waals surface area contributed by atoms with Crippen LogP contribution in [0.4, 0.5) is 4.39 Å². The maximum atomic E-state index is 12.9. The Morgan fingerprint density at radius 1 is 1.40 bits per heavy atom. The summed E-state index contributed by atoms with van der Waals surface area (Å²) in [6.07, 6.45) is 2.04. The number of nitrogens with zero attached hydrogens (tertiary/aromatic N) is 2. The van der Waals surface area contributed by atoms with Gasteiger partial charge in [-0.3, -0.25) is 4.99 Å². The molecule has 142 valence electrons. The van der Waals surface area contributed by atoms with Gasteiger partial charge in [-0.2, -0.15) is 0 Å². The maximum absolute atomic E-state index is 12.9. The first-order valence-corrected chi connectivity index (χ1v) is 8.50. The summed E-state index contributed by atoms with van der Waals surface area (Å²) in [7, 11) is 3.73. The number of benzene rings is 1. The zero-order valence-corrected chi connectivity index (χ0v) is 17.4. The lowest BCUT2D eigenvalue weighted by Crippen LogP contribution is -2.39. The molecule has 1 fully saturated rings. The van der Waals surface area contributed by atoms with E-state index in [-0.39, 0.29) is 29.8 Å². The molecule has 1 N–H and O–H groups in total. The number of nitrogens with one attached hydrogen (secondary N) is 1. The molecule has 1 unspecified atom stereocenters. The summed E-state index contributed by atoms with van der Waals surface area (Å²) in [5.41, 5.74) is 1.05. The van der Waals surface area contributed by atoms with Crippen LogP contribution in [-0.4, -0.2) is 57.9 Å². The lowest BCUT2D eigenvalue weighted by Gasteiger charge is -2.22. The molecular formula is C18H29FIN3O2. The van der Waals surface area contributed by atoms with Gasteiger partial charge in [0.15, 0.2) is 5.96 Å². The topological polar surface area (TPSA) is 46.1 Å². The number of hydrogen-bond acceptors (Lipinski definition) is 3. The molecule has 0 aromatic heterocycles. The maximum Gasteiger partial charge on any atom is 0.193 e. The number of halogens is 2. The average Bonchev–Trinajstić information content (AvgIpc) is 3.09. The first kappa shape index (κ1) is 22.1. The molecule has 0 saturated carbocycles. The number of ether oxygens (including phenoxy) is 2. The van der Waals surface area contributed by atoms with Crippen molar-refractivity contribution < 1.29 is 13.9 Å². The standard InChI is InChI=1S/C18H28FN3O2.HI/c1-20-18(22(2)12-15-4-6-17(19)7-5-15)21-9-3-10-23-13-16-8-11-24-14-16;/h4-7,16H,3,8-14H2,1-2H3,(H,20,21);1H. The van der Waals surface area contributed by atoms with E-state index < -0.39 is 0 Å². The molecule has 25 heavy (non-hydrogen) atoms. The Balaban J connectivity index is 0.00000312. The van der Waals surface area contributed by atoms with Crippen LogP contribution in [0.2, 0.25) is 0 Å². The Hall–Kier alpha value is -0.930. The third-order valence-electron chi connectivity index (χ3n) is 4.03. The fourth-order valence-corrected chi connectivity index (χ4v) is 2.66. The van der Waals surface area contributed by atoms with Crippen LogP contribution in [0.5, 0.6) is 0 Å². The number of hydrogen-bond donors (Lipinski definition) is 1. The molecule has 0 aliphatic carbocycles. The van der Waals surface area contributed by atoms with Gasteiger partial charge < -0.3 is 19.7 Å². The quantitative estimate of drug-likeness (QED) is 0.278. The molecule has 1 aliphatic rings. The van der Waals surface area contributed by atoms with Crippen molar-refractivity contribution in [1.29, 1.82) is 0 Å². The lowest BCUT2D eigenvalue weighted by atomic mass is 10.1. The average molecular weight is 465 g/mol. The van der Waals surface area contributed by atoms with Crippen LogP contribution in [0, 0.1) is 11.7 Å². The van der Waals surface area contributed by atoms with Crippen molar-refractivity contribution in [2.75, 3.05) is 47.1 Å². The summed E-state index contributed by atoms with van der Waals surface area (Å²) in [6, 6.07) is 6.54. The molecular weight excluding hydrogens is 436 g/mol. The minimum atomic E-state index is -0.215. The highest BCUT2D eigenvalue weighted by Gasteiger charge is 2.15. The van der Waals surface area contributed by atoms with E-state index in [1.165, 1.54) is 12.1 Å². The van der Waals surface area contributed by atoms with Gasteiger partial charge in [0.1, 0.15) is 5.82 Å². The van der Waals surface area contributed by atoms with E-state index in [9.17, 15) is 4.39 Å². The first-order valence-electron chi connectivity index (χ1n) is 8.50. The highest BCUT2D eigenvalue weighted by atomic mass is 127. The first-order chi connectivity index (χ1) is 11.7. The predicted octanol–water partition coefficient (Wildman–Crippen LogP) is 2.89.